The Morgan fingerprint density at radius 3 is 2.29 bits per heavy atom. The number of nitrogens with zero attached hydrogens (tertiary/aromatic N) is 2. The number of hydrogen-bond acceptors (Lipinski definition) is 8. The molecule has 0 aliphatic carbocycles. The molecule has 3 saturated heterocycles. The highest BCUT2D eigenvalue weighted by Crippen LogP contribution is 2.40. The molecule has 3 fully saturated rings. The zero-order valence-corrected chi connectivity index (χ0v) is 32.4. The number of nitrogens with two attached hydrogens (primary N) is 1. The van der Waals surface area contributed by atoms with E-state index in [1.807, 2.05) is 36.4 Å². The van der Waals surface area contributed by atoms with Crippen molar-refractivity contribution >= 4 is 23.2 Å². The largest absolute Gasteiger partial charge is 0.397 e. The third kappa shape index (κ3) is 10.8. The molecule has 0 aromatic heterocycles. The number of amides is 2. The standard InChI is InChI=1S/C46H57N5O5/c47-41-15-1-2-16-42(41)49-45(54)18-4-3-17-44(53)48-29-34-10-7-11-36(26-34)37-12-8-13-38(27-37)46-55-40(28-43(56-46)35-21-19-33(32-52)20-22-35)31-51-25-9-14-39(51)30-50-23-5-6-24-50/h1-2,7-8,10-13,15-16,19-22,26-27,39-40,43,46,52H,3-6,9,14,17-18,23-25,28-32,47H2,(H,48,53)(H,49,54)/t39-,40-,43+,46+/m0/s1. The van der Waals surface area contributed by atoms with Crippen molar-refractivity contribution in [3.05, 3.63) is 119 Å². The number of unbranched alkanes of at least 4 members (excludes halogenated alkanes) is 1. The van der Waals surface area contributed by atoms with Crippen LogP contribution in [0, 0.1) is 0 Å². The van der Waals surface area contributed by atoms with Gasteiger partial charge in [-0.15, -0.1) is 0 Å². The Morgan fingerprint density at radius 1 is 0.750 bits per heavy atom. The molecule has 0 unspecified atom stereocenters. The molecule has 0 saturated carbocycles. The second kappa shape index (κ2) is 19.5. The SMILES string of the molecule is Nc1ccccc1NC(=O)CCCCC(=O)NCc1cccc(-c2cccc([C@@H]3O[C@H](CN4CCC[C@H]4CN4CCCC4)C[C@H](c4ccc(CO)cc4)O3)c2)c1. The van der Waals surface area contributed by atoms with Crippen molar-refractivity contribution in [3.8, 4) is 11.1 Å². The first-order chi connectivity index (χ1) is 27.4. The average Bonchev–Trinajstić information content (AvgIpc) is 3.92. The number of carbonyl (C=O) groups is 2. The Kier molecular flexibility index (Phi) is 13.8. The van der Waals surface area contributed by atoms with E-state index in [-0.39, 0.29) is 30.6 Å². The third-order valence-electron chi connectivity index (χ3n) is 11.4. The summed E-state index contributed by atoms with van der Waals surface area (Å²) in [5, 5.41) is 15.5. The molecule has 296 valence electrons. The van der Waals surface area contributed by atoms with Crippen LogP contribution in [0.2, 0.25) is 0 Å². The summed E-state index contributed by atoms with van der Waals surface area (Å²) in [5.41, 5.74) is 13.1. The van der Waals surface area contributed by atoms with Crippen LogP contribution in [0.1, 0.15) is 92.4 Å². The molecule has 7 rings (SSSR count). The van der Waals surface area contributed by atoms with E-state index in [1.165, 1.54) is 38.8 Å². The van der Waals surface area contributed by atoms with Crippen LogP contribution in [0.5, 0.6) is 0 Å². The molecular weight excluding hydrogens is 703 g/mol. The maximum absolute atomic E-state index is 12.7. The van der Waals surface area contributed by atoms with Crippen LogP contribution in [0.25, 0.3) is 11.1 Å². The number of benzene rings is 4. The molecule has 10 nitrogen and oxygen atoms in total. The number of nitrogen functional groups attached to an aromatic ring is 1. The van der Waals surface area contributed by atoms with Crippen LogP contribution in [-0.2, 0) is 32.2 Å². The lowest BCUT2D eigenvalue weighted by molar-refractivity contribution is -0.253. The van der Waals surface area contributed by atoms with Gasteiger partial charge in [0.25, 0.3) is 0 Å². The minimum Gasteiger partial charge on any atom is -0.397 e. The van der Waals surface area contributed by atoms with E-state index in [0.717, 1.165) is 59.4 Å². The topological polar surface area (TPSA) is 129 Å². The van der Waals surface area contributed by atoms with Gasteiger partial charge < -0.3 is 35.8 Å². The first-order valence-electron chi connectivity index (χ1n) is 20.5. The second-order valence-corrected chi connectivity index (χ2v) is 15.6. The number of nitrogens with one attached hydrogen (secondary N) is 2. The summed E-state index contributed by atoms with van der Waals surface area (Å²) >= 11 is 0. The number of para-hydroxylation sites is 2. The van der Waals surface area contributed by atoms with Crippen molar-refractivity contribution in [1.82, 2.24) is 15.1 Å². The normalized spacial score (nSPS) is 21.6. The predicted molar refractivity (Wildman–Crippen MR) is 220 cm³/mol. The van der Waals surface area contributed by atoms with Crippen LogP contribution in [0.3, 0.4) is 0 Å². The van der Waals surface area contributed by atoms with Gasteiger partial charge in [0.1, 0.15) is 0 Å². The summed E-state index contributed by atoms with van der Waals surface area (Å²) in [4.78, 5) is 30.3. The van der Waals surface area contributed by atoms with Gasteiger partial charge in [0.15, 0.2) is 6.29 Å². The Morgan fingerprint density at radius 2 is 1.50 bits per heavy atom. The molecule has 5 N–H and O–H groups in total. The number of carbonyl (C=O) groups excluding carboxylic acids is 2. The van der Waals surface area contributed by atoms with Crippen LogP contribution < -0.4 is 16.4 Å². The molecule has 4 aromatic carbocycles. The van der Waals surface area contributed by atoms with Crippen molar-refractivity contribution in [3.63, 3.8) is 0 Å². The molecule has 4 atom stereocenters. The van der Waals surface area contributed by atoms with E-state index in [9.17, 15) is 14.7 Å². The quantitative estimate of drug-likeness (QED) is 0.0690. The van der Waals surface area contributed by atoms with Gasteiger partial charge in [-0.2, -0.15) is 0 Å². The lowest BCUT2D eigenvalue weighted by atomic mass is 9.98. The molecule has 2 amide bonds. The molecule has 3 heterocycles. The fourth-order valence-electron chi connectivity index (χ4n) is 8.31. The molecule has 4 aromatic rings. The van der Waals surface area contributed by atoms with Gasteiger partial charge in [-0.05, 0) is 110 Å². The van der Waals surface area contributed by atoms with E-state index in [0.29, 0.717) is 49.6 Å². The van der Waals surface area contributed by atoms with E-state index >= 15 is 0 Å². The van der Waals surface area contributed by atoms with Crippen molar-refractivity contribution in [2.75, 3.05) is 43.8 Å². The van der Waals surface area contributed by atoms with Gasteiger partial charge in [0.05, 0.1) is 30.2 Å². The van der Waals surface area contributed by atoms with Gasteiger partial charge in [-0.25, -0.2) is 0 Å². The first-order valence-corrected chi connectivity index (χ1v) is 20.5. The maximum Gasteiger partial charge on any atom is 0.224 e. The van der Waals surface area contributed by atoms with E-state index < -0.39 is 6.29 Å². The maximum atomic E-state index is 12.7. The average molecular weight is 760 g/mol. The number of anilines is 2. The van der Waals surface area contributed by atoms with Crippen LogP contribution in [-0.4, -0.2) is 71.6 Å². The Hall–Kier alpha value is -4.58. The van der Waals surface area contributed by atoms with Gasteiger partial charge >= 0.3 is 0 Å². The molecule has 0 bridgehead atoms. The molecule has 3 aliphatic rings. The van der Waals surface area contributed by atoms with Crippen molar-refractivity contribution in [1.29, 1.82) is 0 Å². The number of ether oxygens (including phenoxy) is 2. The number of likely N-dealkylation sites (tertiary alicyclic amines) is 2. The summed E-state index contributed by atoms with van der Waals surface area (Å²) in [7, 11) is 0. The van der Waals surface area contributed by atoms with Crippen LogP contribution in [0.15, 0.2) is 97.1 Å². The predicted octanol–water partition coefficient (Wildman–Crippen LogP) is 7.35. The lowest BCUT2D eigenvalue weighted by Crippen LogP contribution is -2.45. The van der Waals surface area contributed by atoms with E-state index in [1.54, 1.807) is 12.1 Å². The van der Waals surface area contributed by atoms with Crippen molar-refractivity contribution in [2.45, 2.75) is 95.5 Å². The fourth-order valence-corrected chi connectivity index (χ4v) is 8.31. The number of hydrogen-bond donors (Lipinski definition) is 4. The Balaban J connectivity index is 0.960. The van der Waals surface area contributed by atoms with Gasteiger partial charge in [-0.1, -0.05) is 72.8 Å². The number of rotatable bonds is 16. The van der Waals surface area contributed by atoms with Crippen LogP contribution in [0.4, 0.5) is 11.4 Å². The molecule has 10 heteroatoms. The van der Waals surface area contributed by atoms with Crippen molar-refractivity contribution in [2.24, 2.45) is 0 Å². The smallest absolute Gasteiger partial charge is 0.224 e. The fraction of sp³-hybridized carbons (Fsp3) is 0.435. The van der Waals surface area contributed by atoms with Gasteiger partial charge in [0.2, 0.25) is 11.8 Å². The summed E-state index contributed by atoms with van der Waals surface area (Å²) < 4.78 is 13.6. The Labute approximate surface area is 331 Å². The summed E-state index contributed by atoms with van der Waals surface area (Å²) in [6.45, 7) is 6.01. The van der Waals surface area contributed by atoms with Crippen LogP contribution >= 0.6 is 0 Å². The molecule has 0 radical (unpaired) electrons. The first kappa shape index (κ1) is 39.6. The lowest BCUT2D eigenvalue weighted by Gasteiger charge is -2.39. The molecule has 3 aliphatic heterocycles. The second-order valence-electron chi connectivity index (χ2n) is 15.6. The van der Waals surface area contributed by atoms with Gasteiger partial charge in [0, 0.05) is 50.5 Å². The highest BCUT2D eigenvalue weighted by molar-refractivity contribution is 5.93. The summed E-state index contributed by atoms with van der Waals surface area (Å²) in [6.07, 6.45) is 7.14. The summed E-state index contributed by atoms with van der Waals surface area (Å²) in [6, 6.07) is 32.5. The minimum absolute atomic E-state index is 0.0110. The minimum atomic E-state index is -0.527. The third-order valence-corrected chi connectivity index (χ3v) is 11.4. The molecule has 56 heavy (non-hydrogen) atoms. The zero-order chi connectivity index (χ0) is 38.7. The Bertz CT molecular complexity index is 1900. The molecule has 0 spiro atoms. The highest BCUT2D eigenvalue weighted by atomic mass is 16.7. The van der Waals surface area contributed by atoms with Gasteiger partial charge in [-0.3, -0.25) is 14.5 Å². The number of aliphatic hydroxyl groups is 1. The highest BCUT2D eigenvalue weighted by Gasteiger charge is 2.36. The van der Waals surface area contributed by atoms with E-state index in [4.69, 9.17) is 15.2 Å². The molecular formula is C46H57N5O5. The van der Waals surface area contributed by atoms with Crippen molar-refractivity contribution < 1.29 is 24.2 Å². The number of aliphatic hydroxyl groups excluding tert-OH is 1. The summed E-state index contributed by atoms with van der Waals surface area (Å²) in [5.74, 6) is -0.148. The van der Waals surface area contributed by atoms with E-state index in [2.05, 4.69) is 69.0 Å². The monoisotopic (exact) mass is 759 g/mol. The zero-order valence-electron chi connectivity index (χ0n) is 32.4.